The van der Waals surface area contributed by atoms with Crippen LogP contribution in [0.5, 0.6) is 0 Å². The first kappa shape index (κ1) is 18.2. The Labute approximate surface area is 178 Å². The summed E-state index contributed by atoms with van der Waals surface area (Å²) in [6, 6.07) is 0.265. The fourth-order valence-corrected chi connectivity index (χ4v) is 6.58. The van der Waals surface area contributed by atoms with Gasteiger partial charge in [0.2, 0.25) is 0 Å². The summed E-state index contributed by atoms with van der Waals surface area (Å²) in [5.74, 6) is 2.63. The van der Waals surface area contributed by atoms with Gasteiger partial charge in [0, 0.05) is 29.5 Å². The first-order valence-corrected chi connectivity index (χ1v) is 12.3. The Kier molecular flexibility index (Phi) is 4.75. The van der Waals surface area contributed by atoms with Crippen LogP contribution in [-0.2, 0) is 24.1 Å². The molecule has 0 unspecified atom stereocenters. The van der Waals surface area contributed by atoms with Crippen LogP contribution in [0.15, 0.2) is 11.6 Å². The van der Waals surface area contributed by atoms with E-state index in [-0.39, 0.29) is 6.04 Å². The standard InChI is InChI=1S/C21H25N5OS2/c1-2-14-15(3-1)29-20-17(14)19(23-16(24-20)12-26-7-9-27-10-8-26)25-18(13-4-5-13)21-22-6-11-28-21/h6,11,13,18H,1-5,7-10,12H2,(H,23,24,25)/t18-/m1/s1. The van der Waals surface area contributed by atoms with Gasteiger partial charge in [-0.3, -0.25) is 4.90 Å². The lowest BCUT2D eigenvalue weighted by atomic mass is 10.1. The summed E-state index contributed by atoms with van der Waals surface area (Å²) in [6.45, 7) is 4.30. The third-order valence-electron chi connectivity index (χ3n) is 6.18. The minimum atomic E-state index is 0.265. The van der Waals surface area contributed by atoms with Gasteiger partial charge in [-0.15, -0.1) is 22.7 Å². The van der Waals surface area contributed by atoms with Crippen LogP contribution in [0.25, 0.3) is 10.2 Å². The third-order valence-corrected chi connectivity index (χ3v) is 8.23. The minimum Gasteiger partial charge on any atom is -0.379 e. The van der Waals surface area contributed by atoms with Crippen LogP contribution in [0, 0.1) is 5.92 Å². The molecule has 3 aliphatic rings. The highest BCUT2D eigenvalue weighted by molar-refractivity contribution is 7.19. The molecule has 6 rings (SSSR count). The van der Waals surface area contributed by atoms with Crippen molar-refractivity contribution in [2.24, 2.45) is 5.92 Å². The fourth-order valence-electron chi connectivity index (χ4n) is 4.52. The molecule has 3 aromatic rings. The van der Waals surface area contributed by atoms with E-state index in [9.17, 15) is 0 Å². The molecule has 29 heavy (non-hydrogen) atoms. The normalized spacial score (nSPS) is 20.8. The van der Waals surface area contributed by atoms with Gasteiger partial charge in [0.15, 0.2) is 0 Å². The highest BCUT2D eigenvalue weighted by Gasteiger charge is 2.35. The Morgan fingerprint density at radius 1 is 1.21 bits per heavy atom. The third kappa shape index (κ3) is 3.56. The van der Waals surface area contributed by atoms with E-state index in [1.165, 1.54) is 46.5 Å². The smallest absolute Gasteiger partial charge is 0.146 e. The summed E-state index contributed by atoms with van der Waals surface area (Å²) < 4.78 is 5.50. The van der Waals surface area contributed by atoms with E-state index in [2.05, 4.69) is 20.6 Å². The Morgan fingerprint density at radius 2 is 2.10 bits per heavy atom. The van der Waals surface area contributed by atoms with E-state index in [4.69, 9.17) is 14.7 Å². The molecule has 0 aromatic carbocycles. The lowest BCUT2D eigenvalue weighted by Crippen LogP contribution is -2.36. The highest BCUT2D eigenvalue weighted by Crippen LogP contribution is 2.45. The molecule has 1 saturated carbocycles. The maximum Gasteiger partial charge on any atom is 0.146 e. The van der Waals surface area contributed by atoms with Crippen LogP contribution in [0.3, 0.4) is 0 Å². The van der Waals surface area contributed by atoms with Crippen molar-refractivity contribution in [3.05, 3.63) is 32.8 Å². The van der Waals surface area contributed by atoms with Gasteiger partial charge in [0.05, 0.1) is 31.2 Å². The molecule has 2 aliphatic carbocycles. The average molecular weight is 428 g/mol. The molecule has 1 atom stereocenters. The van der Waals surface area contributed by atoms with Gasteiger partial charge in [-0.1, -0.05) is 0 Å². The Hall–Kier alpha value is -1.61. The van der Waals surface area contributed by atoms with Crippen molar-refractivity contribution < 1.29 is 4.74 Å². The van der Waals surface area contributed by atoms with E-state index in [0.29, 0.717) is 5.92 Å². The molecule has 0 spiro atoms. The summed E-state index contributed by atoms with van der Waals surface area (Å²) in [7, 11) is 0. The van der Waals surface area contributed by atoms with E-state index < -0.39 is 0 Å². The van der Waals surface area contributed by atoms with Gasteiger partial charge in [0.1, 0.15) is 21.5 Å². The highest BCUT2D eigenvalue weighted by atomic mass is 32.1. The number of thiophene rings is 1. The second-order valence-corrected chi connectivity index (χ2v) is 10.3. The van der Waals surface area contributed by atoms with Crippen molar-refractivity contribution in [2.45, 2.75) is 44.7 Å². The number of morpholine rings is 1. The molecule has 2 fully saturated rings. The SMILES string of the molecule is c1csc([C@H](Nc2nc(CN3CCOCC3)nc3sc4c(c23)CCC4)C2CC2)n1. The Bertz CT molecular complexity index is 1010. The molecule has 0 amide bonds. The zero-order valence-electron chi connectivity index (χ0n) is 16.4. The first-order chi connectivity index (χ1) is 14.3. The molecule has 1 N–H and O–H groups in total. The van der Waals surface area contributed by atoms with E-state index >= 15 is 0 Å². The van der Waals surface area contributed by atoms with Gasteiger partial charge >= 0.3 is 0 Å². The lowest BCUT2D eigenvalue weighted by Gasteiger charge is -2.26. The fraction of sp³-hybridized carbons (Fsp3) is 0.571. The van der Waals surface area contributed by atoms with Crippen molar-refractivity contribution in [1.29, 1.82) is 0 Å². The molecule has 0 radical (unpaired) electrons. The van der Waals surface area contributed by atoms with Gasteiger partial charge in [-0.2, -0.15) is 0 Å². The Morgan fingerprint density at radius 3 is 2.90 bits per heavy atom. The lowest BCUT2D eigenvalue weighted by molar-refractivity contribution is 0.0331. The largest absolute Gasteiger partial charge is 0.379 e. The number of thiazole rings is 1. The first-order valence-electron chi connectivity index (χ1n) is 10.6. The molecule has 1 saturated heterocycles. The van der Waals surface area contributed by atoms with E-state index in [1.807, 2.05) is 17.5 Å². The van der Waals surface area contributed by atoms with Gasteiger partial charge in [-0.05, 0) is 43.6 Å². The summed E-state index contributed by atoms with van der Waals surface area (Å²) in [6.07, 6.45) is 8.06. The molecule has 4 heterocycles. The van der Waals surface area contributed by atoms with Crippen LogP contribution in [0.1, 0.15) is 46.6 Å². The second kappa shape index (κ2) is 7.58. The van der Waals surface area contributed by atoms with Crippen LogP contribution >= 0.6 is 22.7 Å². The topological polar surface area (TPSA) is 63.2 Å². The van der Waals surface area contributed by atoms with Gasteiger partial charge in [0.25, 0.3) is 0 Å². The number of anilines is 1. The molecule has 3 aromatic heterocycles. The van der Waals surface area contributed by atoms with Gasteiger partial charge < -0.3 is 10.1 Å². The summed E-state index contributed by atoms with van der Waals surface area (Å²) in [5.41, 5.74) is 1.49. The summed E-state index contributed by atoms with van der Waals surface area (Å²) in [5, 5.41) is 8.37. The molecule has 6 nitrogen and oxygen atoms in total. The zero-order chi connectivity index (χ0) is 19.2. The average Bonchev–Trinajstić information content (AvgIpc) is 3.11. The van der Waals surface area contributed by atoms with Crippen molar-refractivity contribution in [3.8, 4) is 0 Å². The molecule has 1 aliphatic heterocycles. The number of aromatic nitrogens is 3. The predicted octanol–water partition coefficient (Wildman–Crippen LogP) is 4.03. The van der Waals surface area contributed by atoms with Crippen LogP contribution in [0.2, 0.25) is 0 Å². The van der Waals surface area contributed by atoms with E-state index in [0.717, 1.165) is 55.7 Å². The van der Waals surface area contributed by atoms with Crippen molar-refractivity contribution in [2.75, 3.05) is 31.6 Å². The van der Waals surface area contributed by atoms with Crippen molar-refractivity contribution >= 4 is 38.7 Å². The van der Waals surface area contributed by atoms with Crippen LogP contribution < -0.4 is 5.32 Å². The number of nitrogens with one attached hydrogen (secondary N) is 1. The zero-order valence-corrected chi connectivity index (χ0v) is 18.0. The number of hydrogen-bond acceptors (Lipinski definition) is 8. The second-order valence-electron chi connectivity index (χ2n) is 8.24. The number of rotatable bonds is 6. The van der Waals surface area contributed by atoms with Crippen LogP contribution in [-0.4, -0.2) is 46.2 Å². The molecular formula is C21H25N5OS2. The monoisotopic (exact) mass is 427 g/mol. The maximum absolute atomic E-state index is 5.50. The van der Waals surface area contributed by atoms with Crippen molar-refractivity contribution in [3.63, 3.8) is 0 Å². The number of fused-ring (bicyclic) bond motifs is 3. The molecule has 0 bridgehead atoms. The summed E-state index contributed by atoms with van der Waals surface area (Å²) in [4.78, 5) is 19.8. The van der Waals surface area contributed by atoms with Crippen molar-refractivity contribution in [1.82, 2.24) is 19.9 Å². The minimum absolute atomic E-state index is 0.265. The van der Waals surface area contributed by atoms with E-state index in [1.54, 1.807) is 11.3 Å². The molecule has 152 valence electrons. The van der Waals surface area contributed by atoms with Crippen LogP contribution in [0.4, 0.5) is 5.82 Å². The maximum atomic E-state index is 5.50. The molecular weight excluding hydrogens is 402 g/mol. The number of aryl methyl sites for hydroxylation is 2. The number of ether oxygens (including phenoxy) is 1. The molecule has 8 heteroatoms. The quantitative estimate of drug-likeness (QED) is 0.641. The predicted molar refractivity (Wildman–Crippen MR) is 117 cm³/mol. The number of nitrogens with zero attached hydrogens (tertiary/aromatic N) is 4. The Balaban J connectivity index is 1.39. The number of hydrogen-bond donors (Lipinski definition) is 1. The van der Waals surface area contributed by atoms with Gasteiger partial charge in [-0.25, -0.2) is 15.0 Å². The summed E-state index contributed by atoms with van der Waals surface area (Å²) >= 11 is 3.63.